The van der Waals surface area contributed by atoms with E-state index in [0.717, 1.165) is 16.7 Å². The summed E-state index contributed by atoms with van der Waals surface area (Å²) in [6.45, 7) is 0.272. The van der Waals surface area contributed by atoms with E-state index in [0.29, 0.717) is 22.9 Å². The third kappa shape index (κ3) is 6.51. The Balaban J connectivity index is 1.94. The van der Waals surface area contributed by atoms with Gasteiger partial charge in [0, 0.05) is 25.0 Å². The van der Waals surface area contributed by atoms with Gasteiger partial charge in [-0.05, 0) is 41.0 Å². The number of rotatable bonds is 10. The fourth-order valence-corrected chi connectivity index (χ4v) is 3.90. The van der Waals surface area contributed by atoms with Crippen molar-refractivity contribution in [2.75, 3.05) is 21.3 Å². The van der Waals surface area contributed by atoms with Crippen molar-refractivity contribution >= 4 is 23.4 Å². The summed E-state index contributed by atoms with van der Waals surface area (Å²) in [7, 11) is 4.70. The van der Waals surface area contributed by atoms with Gasteiger partial charge in [0.05, 0.1) is 20.6 Å². The Hall–Kier alpha value is -3.51. The predicted octanol–water partition coefficient (Wildman–Crippen LogP) is 4.29. The first kappa shape index (κ1) is 25.1. The summed E-state index contributed by atoms with van der Waals surface area (Å²) in [5.74, 6) is 0.735. The normalized spacial score (nSPS) is 11.4. The van der Waals surface area contributed by atoms with E-state index in [1.807, 2.05) is 48.5 Å². The van der Waals surface area contributed by atoms with Crippen molar-refractivity contribution in [3.63, 3.8) is 0 Å². The lowest BCUT2D eigenvalue weighted by Crippen LogP contribution is -2.50. The van der Waals surface area contributed by atoms with Crippen molar-refractivity contribution in [3.8, 4) is 11.5 Å². The van der Waals surface area contributed by atoms with E-state index in [-0.39, 0.29) is 24.8 Å². The summed E-state index contributed by atoms with van der Waals surface area (Å²) in [5, 5.41) is 3.33. The van der Waals surface area contributed by atoms with Crippen LogP contribution in [0, 0.1) is 0 Å². The Morgan fingerprint density at radius 1 is 0.882 bits per heavy atom. The second-order valence-corrected chi connectivity index (χ2v) is 8.27. The van der Waals surface area contributed by atoms with E-state index >= 15 is 0 Å². The Labute approximate surface area is 205 Å². The third-order valence-electron chi connectivity index (χ3n) is 5.59. The molecule has 0 radical (unpaired) electrons. The first-order valence-electron chi connectivity index (χ1n) is 11.0. The number of carbonyl (C=O) groups excluding carboxylic acids is 2. The number of nitrogens with zero attached hydrogens (tertiary/aromatic N) is 1. The van der Waals surface area contributed by atoms with Crippen LogP contribution in [0.5, 0.6) is 11.5 Å². The van der Waals surface area contributed by atoms with Crippen LogP contribution < -0.4 is 14.8 Å². The monoisotopic (exact) mass is 480 g/mol. The summed E-state index contributed by atoms with van der Waals surface area (Å²) in [6.07, 6.45) is 0.502. The summed E-state index contributed by atoms with van der Waals surface area (Å²) in [6, 6.07) is 21.6. The Morgan fingerprint density at radius 2 is 1.53 bits per heavy atom. The first-order chi connectivity index (χ1) is 16.4. The molecule has 0 aliphatic carbocycles. The number of hydrogen-bond acceptors (Lipinski definition) is 4. The van der Waals surface area contributed by atoms with E-state index in [1.54, 1.807) is 50.4 Å². The predicted molar refractivity (Wildman–Crippen MR) is 133 cm³/mol. The molecule has 0 saturated heterocycles. The van der Waals surface area contributed by atoms with Crippen LogP contribution in [0.3, 0.4) is 0 Å². The number of hydrogen-bond donors (Lipinski definition) is 1. The first-order valence-corrected chi connectivity index (χ1v) is 11.3. The van der Waals surface area contributed by atoms with Crippen LogP contribution in [0.2, 0.25) is 5.02 Å². The molecule has 3 aromatic carbocycles. The standard InChI is InChI=1S/C27H29ClN2O4/c1-29-27(32)23(15-19-7-5-4-6-8-19)30(18-20-9-12-22(28)13-10-20)26(31)17-21-11-14-24(33-2)25(16-21)34-3/h4-14,16,23H,15,17-18H2,1-3H3,(H,29,32)/t23-/m1/s1. The summed E-state index contributed by atoms with van der Waals surface area (Å²) in [4.78, 5) is 28.2. The molecule has 1 N–H and O–H groups in total. The lowest BCUT2D eigenvalue weighted by molar-refractivity contribution is -0.140. The molecular weight excluding hydrogens is 452 g/mol. The molecule has 1 atom stereocenters. The maximum Gasteiger partial charge on any atom is 0.242 e. The molecule has 178 valence electrons. The molecule has 0 heterocycles. The number of carbonyl (C=O) groups is 2. The van der Waals surface area contributed by atoms with Gasteiger partial charge in [-0.1, -0.05) is 60.1 Å². The minimum Gasteiger partial charge on any atom is -0.493 e. The zero-order valence-corrected chi connectivity index (χ0v) is 20.3. The quantitative estimate of drug-likeness (QED) is 0.470. The van der Waals surface area contributed by atoms with E-state index in [4.69, 9.17) is 21.1 Å². The van der Waals surface area contributed by atoms with Crippen LogP contribution in [-0.4, -0.2) is 44.0 Å². The number of nitrogens with one attached hydrogen (secondary N) is 1. The SMILES string of the molecule is CNC(=O)[C@@H](Cc1ccccc1)N(Cc1ccc(Cl)cc1)C(=O)Cc1ccc(OC)c(OC)c1. The lowest BCUT2D eigenvalue weighted by Gasteiger charge is -2.31. The highest BCUT2D eigenvalue weighted by Gasteiger charge is 2.30. The van der Waals surface area contributed by atoms with Gasteiger partial charge >= 0.3 is 0 Å². The Morgan fingerprint density at radius 3 is 2.15 bits per heavy atom. The number of likely N-dealkylation sites (N-methyl/N-ethyl adjacent to an activating group) is 1. The highest BCUT2D eigenvalue weighted by atomic mass is 35.5. The van der Waals surface area contributed by atoms with Gasteiger partial charge < -0.3 is 19.7 Å². The molecule has 0 aromatic heterocycles. The van der Waals surface area contributed by atoms with Crippen molar-refractivity contribution in [2.45, 2.75) is 25.4 Å². The van der Waals surface area contributed by atoms with Gasteiger partial charge in [-0.25, -0.2) is 0 Å². The molecule has 0 saturated carbocycles. The molecule has 0 unspecified atom stereocenters. The molecular formula is C27H29ClN2O4. The van der Waals surface area contributed by atoms with Gasteiger partial charge in [-0.3, -0.25) is 9.59 Å². The molecule has 0 fully saturated rings. The van der Waals surface area contributed by atoms with Crippen LogP contribution in [-0.2, 0) is 29.0 Å². The average molecular weight is 481 g/mol. The number of benzene rings is 3. The van der Waals surface area contributed by atoms with Crippen molar-refractivity contribution < 1.29 is 19.1 Å². The highest BCUT2D eigenvalue weighted by molar-refractivity contribution is 6.30. The van der Waals surface area contributed by atoms with Crippen molar-refractivity contribution in [1.82, 2.24) is 10.2 Å². The third-order valence-corrected chi connectivity index (χ3v) is 5.84. The van der Waals surface area contributed by atoms with Gasteiger partial charge in [0.2, 0.25) is 11.8 Å². The number of methoxy groups -OCH3 is 2. The molecule has 0 spiro atoms. The van der Waals surface area contributed by atoms with Crippen LogP contribution in [0.25, 0.3) is 0 Å². The fourth-order valence-electron chi connectivity index (χ4n) is 3.77. The smallest absolute Gasteiger partial charge is 0.242 e. The summed E-state index contributed by atoms with van der Waals surface area (Å²) < 4.78 is 10.7. The fraction of sp³-hybridized carbons (Fsp3) is 0.259. The molecule has 3 aromatic rings. The van der Waals surface area contributed by atoms with E-state index < -0.39 is 6.04 Å². The topological polar surface area (TPSA) is 67.9 Å². The van der Waals surface area contributed by atoms with Crippen LogP contribution in [0.1, 0.15) is 16.7 Å². The summed E-state index contributed by atoms with van der Waals surface area (Å²) >= 11 is 6.05. The van der Waals surface area contributed by atoms with E-state index in [1.165, 1.54) is 0 Å². The molecule has 7 heteroatoms. The average Bonchev–Trinajstić information content (AvgIpc) is 2.87. The zero-order valence-electron chi connectivity index (χ0n) is 19.6. The van der Waals surface area contributed by atoms with Gasteiger partial charge in [-0.2, -0.15) is 0 Å². The largest absolute Gasteiger partial charge is 0.493 e. The highest BCUT2D eigenvalue weighted by Crippen LogP contribution is 2.28. The van der Waals surface area contributed by atoms with Crippen molar-refractivity contribution in [1.29, 1.82) is 0 Å². The number of ether oxygens (including phenoxy) is 2. The maximum absolute atomic E-state index is 13.6. The van der Waals surface area contributed by atoms with Crippen LogP contribution >= 0.6 is 11.6 Å². The molecule has 0 aliphatic heterocycles. The molecule has 6 nitrogen and oxygen atoms in total. The van der Waals surface area contributed by atoms with Crippen molar-refractivity contribution in [2.24, 2.45) is 0 Å². The van der Waals surface area contributed by atoms with Gasteiger partial charge in [0.1, 0.15) is 6.04 Å². The number of amides is 2. The van der Waals surface area contributed by atoms with Gasteiger partial charge in [0.15, 0.2) is 11.5 Å². The molecule has 34 heavy (non-hydrogen) atoms. The summed E-state index contributed by atoms with van der Waals surface area (Å²) in [5.41, 5.74) is 2.61. The van der Waals surface area contributed by atoms with Gasteiger partial charge in [0.25, 0.3) is 0 Å². The second-order valence-electron chi connectivity index (χ2n) is 7.83. The lowest BCUT2D eigenvalue weighted by atomic mass is 10.0. The Kier molecular flexibility index (Phi) is 8.93. The Bertz CT molecular complexity index is 1100. The second kappa shape index (κ2) is 12.1. The van der Waals surface area contributed by atoms with Crippen LogP contribution in [0.15, 0.2) is 72.8 Å². The van der Waals surface area contributed by atoms with Gasteiger partial charge in [-0.15, -0.1) is 0 Å². The van der Waals surface area contributed by atoms with E-state index in [2.05, 4.69) is 5.32 Å². The minimum absolute atomic E-state index is 0.107. The molecule has 0 aliphatic rings. The maximum atomic E-state index is 13.6. The molecule has 0 bridgehead atoms. The number of halogens is 1. The molecule has 3 rings (SSSR count). The molecule has 2 amide bonds. The van der Waals surface area contributed by atoms with Crippen molar-refractivity contribution in [3.05, 3.63) is 94.5 Å². The van der Waals surface area contributed by atoms with Crippen LogP contribution in [0.4, 0.5) is 0 Å². The van der Waals surface area contributed by atoms with E-state index in [9.17, 15) is 9.59 Å². The minimum atomic E-state index is -0.685. The zero-order chi connectivity index (χ0) is 24.5.